The van der Waals surface area contributed by atoms with Crippen molar-refractivity contribution in [2.24, 2.45) is 0 Å². The van der Waals surface area contributed by atoms with Crippen LogP contribution in [0.5, 0.6) is 0 Å². The topological polar surface area (TPSA) is 26.3 Å². The van der Waals surface area contributed by atoms with Crippen molar-refractivity contribution in [1.82, 2.24) is 0 Å². The minimum absolute atomic E-state index is 0.322. The average molecular weight is 269 g/mol. The highest BCUT2D eigenvalue weighted by Crippen LogP contribution is 2.14. The van der Waals surface area contributed by atoms with Crippen LogP contribution in [-0.4, -0.2) is 12.6 Å². The molecule has 2 nitrogen and oxygen atoms in total. The lowest BCUT2D eigenvalue weighted by atomic mass is 10.1. The summed E-state index contributed by atoms with van der Waals surface area (Å²) in [6.07, 6.45) is 0.526. The maximum atomic E-state index is 11.3. The highest BCUT2D eigenvalue weighted by molar-refractivity contribution is 9.10. The lowest BCUT2D eigenvalue weighted by Crippen LogP contribution is -2.08. The van der Waals surface area contributed by atoms with E-state index in [2.05, 4.69) is 22.5 Å². The van der Waals surface area contributed by atoms with Gasteiger partial charge in [0.05, 0.1) is 6.61 Å². The fourth-order valence-electron chi connectivity index (χ4n) is 1.20. The second-order valence-electron chi connectivity index (χ2n) is 3.13. The van der Waals surface area contributed by atoms with E-state index in [1.807, 2.05) is 24.3 Å². The van der Waals surface area contributed by atoms with Crippen molar-refractivity contribution in [2.75, 3.05) is 6.61 Å². The molecular formula is C12H13BrO2. The molecule has 1 rings (SSSR count). The van der Waals surface area contributed by atoms with Crippen LogP contribution < -0.4 is 0 Å². The average Bonchev–Trinajstić information content (AvgIpc) is 2.18. The Bertz CT molecular complexity index is 372. The fourth-order valence-corrected chi connectivity index (χ4v) is 1.65. The highest BCUT2D eigenvalue weighted by Gasteiger charge is 2.08. The van der Waals surface area contributed by atoms with Crippen LogP contribution >= 0.6 is 15.9 Å². The highest BCUT2D eigenvalue weighted by atomic mass is 79.9. The molecule has 0 aliphatic rings. The van der Waals surface area contributed by atoms with E-state index in [0.29, 0.717) is 18.6 Å². The molecule has 0 aliphatic heterocycles. The molecule has 0 atom stereocenters. The molecule has 0 amide bonds. The second-order valence-corrected chi connectivity index (χ2v) is 4.05. The summed E-state index contributed by atoms with van der Waals surface area (Å²) in [7, 11) is 0. The van der Waals surface area contributed by atoms with Crippen LogP contribution in [-0.2, 0) is 16.0 Å². The van der Waals surface area contributed by atoms with E-state index in [1.54, 1.807) is 6.92 Å². The molecule has 0 saturated heterocycles. The number of carbonyl (C=O) groups excluding carboxylic acids is 1. The van der Waals surface area contributed by atoms with Gasteiger partial charge >= 0.3 is 5.97 Å². The number of hydrogen-bond donors (Lipinski definition) is 0. The van der Waals surface area contributed by atoms with Crippen molar-refractivity contribution in [1.29, 1.82) is 0 Å². The van der Waals surface area contributed by atoms with Crippen LogP contribution in [0.25, 0.3) is 0 Å². The second kappa shape index (κ2) is 5.71. The van der Waals surface area contributed by atoms with Gasteiger partial charge in [0, 0.05) is 16.5 Å². The number of halogens is 1. The van der Waals surface area contributed by atoms with Crippen LogP contribution in [0.4, 0.5) is 0 Å². The van der Waals surface area contributed by atoms with Crippen molar-refractivity contribution in [3.8, 4) is 0 Å². The van der Waals surface area contributed by atoms with E-state index in [4.69, 9.17) is 4.74 Å². The molecular weight excluding hydrogens is 256 g/mol. The Hall–Kier alpha value is -1.09. The van der Waals surface area contributed by atoms with Gasteiger partial charge in [-0.25, -0.2) is 4.79 Å². The summed E-state index contributed by atoms with van der Waals surface area (Å²) < 4.78 is 5.85. The molecule has 0 bridgehead atoms. The van der Waals surface area contributed by atoms with Crippen molar-refractivity contribution in [3.05, 3.63) is 46.5 Å². The minimum Gasteiger partial charge on any atom is -0.463 e. The molecule has 1 aromatic rings. The number of ether oxygens (including phenoxy) is 1. The number of carbonyl (C=O) groups is 1. The largest absolute Gasteiger partial charge is 0.463 e. The van der Waals surface area contributed by atoms with Crippen LogP contribution in [0.2, 0.25) is 0 Å². The zero-order valence-electron chi connectivity index (χ0n) is 8.63. The molecule has 1 aromatic carbocycles. The fraction of sp³-hybridized carbons (Fsp3) is 0.250. The van der Waals surface area contributed by atoms with Gasteiger partial charge < -0.3 is 4.74 Å². The first-order valence-electron chi connectivity index (χ1n) is 4.73. The lowest BCUT2D eigenvalue weighted by Gasteiger charge is -2.05. The van der Waals surface area contributed by atoms with Crippen molar-refractivity contribution >= 4 is 21.9 Å². The molecule has 3 heteroatoms. The van der Waals surface area contributed by atoms with E-state index in [-0.39, 0.29) is 5.97 Å². The Balaban J connectivity index is 2.62. The summed E-state index contributed by atoms with van der Waals surface area (Å²) >= 11 is 3.37. The van der Waals surface area contributed by atoms with Gasteiger partial charge in [0.25, 0.3) is 0 Å². The third kappa shape index (κ3) is 3.88. The molecule has 0 aromatic heterocycles. The van der Waals surface area contributed by atoms with E-state index in [9.17, 15) is 4.79 Å². The van der Waals surface area contributed by atoms with Crippen molar-refractivity contribution in [2.45, 2.75) is 13.3 Å². The van der Waals surface area contributed by atoms with Gasteiger partial charge in [-0.15, -0.1) is 0 Å². The van der Waals surface area contributed by atoms with Gasteiger partial charge in [-0.2, -0.15) is 0 Å². The molecule has 15 heavy (non-hydrogen) atoms. The Morgan fingerprint density at radius 2 is 2.27 bits per heavy atom. The van der Waals surface area contributed by atoms with Crippen molar-refractivity contribution < 1.29 is 9.53 Å². The van der Waals surface area contributed by atoms with Gasteiger partial charge in [0.15, 0.2) is 0 Å². The van der Waals surface area contributed by atoms with E-state index in [0.717, 1.165) is 10.0 Å². The molecule has 0 N–H and O–H groups in total. The van der Waals surface area contributed by atoms with Crippen LogP contribution in [0.3, 0.4) is 0 Å². The standard InChI is InChI=1S/C12H13BrO2/c1-3-15-12(14)9(2)7-10-5-4-6-11(13)8-10/h4-6,8H,2-3,7H2,1H3. The number of benzene rings is 1. The number of rotatable bonds is 4. The first kappa shape index (κ1) is 12.0. The number of esters is 1. The Labute approximate surface area is 98.1 Å². The third-order valence-electron chi connectivity index (χ3n) is 1.87. The smallest absolute Gasteiger partial charge is 0.333 e. The van der Waals surface area contributed by atoms with Gasteiger partial charge in [0.2, 0.25) is 0 Å². The summed E-state index contributed by atoms with van der Waals surface area (Å²) in [6.45, 7) is 5.88. The van der Waals surface area contributed by atoms with Gasteiger partial charge in [-0.05, 0) is 24.6 Å². The first-order chi connectivity index (χ1) is 7.13. The van der Waals surface area contributed by atoms with E-state index >= 15 is 0 Å². The molecule has 0 spiro atoms. The Morgan fingerprint density at radius 1 is 1.53 bits per heavy atom. The maximum absolute atomic E-state index is 11.3. The number of hydrogen-bond acceptors (Lipinski definition) is 2. The molecule has 80 valence electrons. The predicted molar refractivity (Wildman–Crippen MR) is 63.6 cm³/mol. The monoisotopic (exact) mass is 268 g/mol. The van der Waals surface area contributed by atoms with Gasteiger partial charge in [0.1, 0.15) is 0 Å². The van der Waals surface area contributed by atoms with Crippen LogP contribution in [0.15, 0.2) is 40.9 Å². The van der Waals surface area contributed by atoms with E-state index in [1.165, 1.54) is 0 Å². The van der Waals surface area contributed by atoms with E-state index < -0.39 is 0 Å². The zero-order valence-corrected chi connectivity index (χ0v) is 10.2. The van der Waals surface area contributed by atoms with Gasteiger partial charge in [-0.3, -0.25) is 0 Å². The van der Waals surface area contributed by atoms with Crippen LogP contribution in [0.1, 0.15) is 12.5 Å². The quantitative estimate of drug-likeness (QED) is 0.620. The normalized spacial score (nSPS) is 9.73. The molecule has 0 saturated carbocycles. The minimum atomic E-state index is -0.322. The third-order valence-corrected chi connectivity index (χ3v) is 2.36. The Kier molecular flexibility index (Phi) is 4.56. The van der Waals surface area contributed by atoms with Gasteiger partial charge in [-0.1, -0.05) is 34.6 Å². The summed E-state index contributed by atoms with van der Waals surface area (Å²) in [6, 6.07) is 7.79. The summed E-state index contributed by atoms with van der Waals surface area (Å²) in [5, 5.41) is 0. The molecule has 0 heterocycles. The molecule has 0 aliphatic carbocycles. The Morgan fingerprint density at radius 3 is 2.87 bits per heavy atom. The summed E-state index contributed by atoms with van der Waals surface area (Å²) in [5.74, 6) is -0.322. The lowest BCUT2D eigenvalue weighted by molar-refractivity contribution is -0.138. The van der Waals surface area contributed by atoms with Crippen LogP contribution in [0, 0.1) is 0 Å². The summed E-state index contributed by atoms with van der Waals surface area (Å²) in [5.41, 5.74) is 1.53. The van der Waals surface area contributed by atoms with Crippen molar-refractivity contribution in [3.63, 3.8) is 0 Å². The maximum Gasteiger partial charge on any atom is 0.333 e. The summed E-state index contributed by atoms with van der Waals surface area (Å²) in [4.78, 5) is 11.3. The molecule has 0 fully saturated rings. The molecule has 0 unspecified atom stereocenters. The predicted octanol–water partition coefficient (Wildman–Crippen LogP) is 3.11. The SMILES string of the molecule is C=C(Cc1cccc(Br)c1)C(=O)OCC. The first-order valence-corrected chi connectivity index (χ1v) is 5.52. The molecule has 0 radical (unpaired) electrons. The zero-order chi connectivity index (χ0) is 11.3.